The molecule has 0 bridgehead atoms. The lowest BCUT2D eigenvalue weighted by atomic mass is 10.0. The fourth-order valence-electron chi connectivity index (χ4n) is 4.67. The quantitative estimate of drug-likeness (QED) is 0.431. The Morgan fingerprint density at radius 1 is 1.06 bits per heavy atom. The van der Waals surface area contributed by atoms with Crippen molar-refractivity contribution in [2.24, 2.45) is 0 Å². The normalized spacial score (nSPS) is 16.8. The molecule has 3 aromatic rings. The fourth-order valence-corrected chi connectivity index (χ4v) is 5.35. The highest BCUT2D eigenvalue weighted by atomic mass is 35.5. The predicted molar refractivity (Wildman–Crippen MR) is 135 cm³/mol. The monoisotopic (exact) mass is 501 g/mol. The smallest absolute Gasteiger partial charge is 0.155 e. The van der Waals surface area contributed by atoms with Crippen molar-refractivity contribution in [1.29, 1.82) is 0 Å². The van der Waals surface area contributed by atoms with E-state index in [-0.39, 0.29) is 11.1 Å². The number of hydrogen-bond donors (Lipinski definition) is 1. The van der Waals surface area contributed by atoms with Crippen molar-refractivity contribution in [3.63, 3.8) is 0 Å². The van der Waals surface area contributed by atoms with Crippen LogP contribution in [-0.2, 0) is 11.2 Å². The second-order valence-corrected chi connectivity index (χ2v) is 9.35. The predicted octanol–water partition coefficient (Wildman–Crippen LogP) is 6.02. The van der Waals surface area contributed by atoms with Crippen molar-refractivity contribution in [1.82, 2.24) is 10.2 Å². The second-order valence-electron chi connectivity index (χ2n) is 8.57. The van der Waals surface area contributed by atoms with Gasteiger partial charge in [-0.05, 0) is 50.1 Å². The average molecular weight is 502 g/mol. The Hall–Kier alpha value is -2.61. The van der Waals surface area contributed by atoms with Gasteiger partial charge >= 0.3 is 0 Å². The summed E-state index contributed by atoms with van der Waals surface area (Å²) in [5, 5.41) is 12.8. The first-order valence-electron chi connectivity index (χ1n) is 11.5. The molecule has 6 nitrogen and oxygen atoms in total. The first kappa shape index (κ1) is 23.1. The molecule has 0 amide bonds. The van der Waals surface area contributed by atoms with E-state index in [0.29, 0.717) is 16.4 Å². The van der Waals surface area contributed by atoms with Crippen molar-refractivity contribution >= 4 is 46.1 Å². The van der Waals surface area contributed by atoms with Crippen LogP contribution < -0.4 is 15.1 Å². The minimum absolute atomic E-state index is 0.0624. The maximum atomic E-state index is 14.2. The Morgan fingerprint density at radius 3 is 2.71 bits per heavy atom. The van der Waals surface area contributed by atoms with Crippen molar-refractivity contribution < 1.29 is 9.13 Å². The summed E-state index contributed by atoms with van der Waals surface area (Å²) in [6.07, 6.45) is 1.76. The van der Waals surface area contributed by atoms with Crippen LogP contribution in [0.4, 0.5) is 27.3 Å². The van der Waals surface area contributed by atoms with Crippen LogP contribution in [0, 0.1) is 5.82 Å². The zero-order valence-corrected chi connectivity index (χ0v) is 20.4. The summed E-state index contributed by atoms with van der Waals surface area (Å²) < 4.78 is 19.7. The molecule has 2 aliphatic rings. The zero-order valence-electron chi connectivity index (χ0n) is 18.9. The van der Waals surface area contributed by atoms with Gasteiger partial charge < -0.3 is 19.9 Å². The Labute approximate surface area is 208 Å². The van der Waals surface area contributed by atoms with Crippen molar-refractivity contribution in [2.75, 3.05) is 48.0 Å². The summed E-state index contributed by atoms with van der Waals surface area (Å²) >= 11 is 12.7. The number of halogens is 3. The molecule has 9 heteroatoms. The number of fused-ring (bicyclic) bond motifs is 1. The van der Waals surface area contributed by atoms with Crippen LogP contribution in [0.25, 0.3) is 0 Å². The molecule has 0 radical (unpaired) electrons. The van der Waals surface area contributed by atoms with E-state index in [2.05, 4.69) is 37.4 Å². The van der Waals surface area contributed by atoms with Gasteiger partial charge in [0.1, 0.15) is 5.82 Å². The van der Waals surface area contributed by atoms with Crippen LogP contribution in [0.3, 0.4) is 0 Å². The summed E-state index contributed by atoms with van der Waals surface area (Å²) in [5.74, 6) is 0.175. The highest BCUT2D eigenvalue weighted by Crippen LogP contribution is 2.40. The molecule has 1 saturated heterocycles. The SMILES string of the molecule is CC(c1c(Cl)ccc(F)c1Cl)N1CCCc2nnc(Nc3cccc(N4CCOCC4)c3)cc21. The molecule has 2 aromatic carbocycles. The number of nitrogens with zero attached hydrogens (tertiary/aromatic N) is 4. The molecule has 0 spiro atoms. The third-order valence-electron chi connectivity index (χ3n) is 6.43. The first-order chi connectivity index (χ1) is 16.5. The van der Waals surface area contributed by atoms with E-state index in [1.165, 1.54) is 6.07 Å². The first-order valence-corrected chi connectivity index (χ1v) is 12.2. The Bertz CT molecular complexity index is 1190. The van der Waals surface area contributed by atoms with Gasteiger partial charge in [0.25, 0.3) is 0 Å². The van der Waals surface area contributed by atoms with Crippen LogP contribution in [0.5, 0.6) is 0 Å². The molecule has 1 N–H and O–H groups in total. The van der Waals surface area contributed by atoms with Gasteiger partial charge in [0.15, 0.2) is 5.82 Å². The Kier molecular flexibility index (Phi) is 6.77. The number of morpholine rings is 1. The van der Waals surface area contributed by atoms with Gasteiger partial charge in [0.2, 0.25) is 0 Å². The Morgan fingerprint density at radius 2 is 1.88 bits per heavy atom. The van der Waals surface area contributed by atoms with Crippen molar-refractivity contribution in [3.05, 3.63) is 69.6 Å². The third kappa shape index (κ3) is 4.65. The molecule has 178 valence electrons. The second kappa shape index (κ2) is 9.94. The van der Waals surface area contributed by atoms with Gasteiger partial charge in [-0.1, -0.05) is 29.3 Å². The largest absolute Gasteiger partial charge is 0.378 e. The molecule has 1 fully saturated rings. The van der Waals surface area contributed by atoms with Gasteiger partial charge in [-0.2, -0.15) is 5.10 Å². The van der Waals surface area contributed by atoms with E-state index < -0.39 is 5.82 Å². The maximum absolute atomic E-state index is 14.2. The van der Waals surface area contributed by atoms with E-state index in [4.69, 9.17) is 27.9 Å². The highest BCUT2D eigenvalue weighted by molar-refractivity contribution is 6.36. The minimum Gasteiger partial charge on any atom is -0.378 e. The highest BCUT2D eigenvalue weighted by Gasteiger charge is 2.28. The van der Waals surface area contributed by atoms with E-state index in [1.807, 2.05) is 25.1 Å². The van der Waals surface area contributed by atoms with Gasteiger partial charge in [-0.15, -0.1) is 5.10 Å². The summed E-state index contributed by atoms with van der Waals surface area (Å²) in [7, 11) is 0. The lowest BCUT2D eigenvalue weighted by Crippen LogP contribution is -2.36. The molecule has 0 saturated carbocycles. The number of hydrogen-bond acceptors (Lipinski definition) is 6. The van der Waals surface area contributed by atoms with Gasteiger partial charge in [0.05, 0.1) is 35.7 Å². The van der Waals surface area contributed by atoms with Gasteiger partial charge in [-0.25, -0.2) is 4.39 Å². The molecule has 0 aliphatic carbocycles. The van der Waals surface area contributed by atoms with Crippen molar-refractivity contribution in [2.45, 2.75) is 25.8 Å². The summed E-state index contributed by atoms with van der Waals surface area (Å²) in [6.45, 7) is 6.00. The average Bonchev–Trinajstić information content (AvgIpc) is 2.87. The molecule has 3 heterocycles. The molecule has 34 heavy (non-hydrogen) atoms. The van der Waals surface area contributed by atoms with E-state index in [0.717, 1.165) is 68.4 Å². The number of benzene rings is 2. The summed E-state index contributed by atoms with van der Waals surface area (Å²) in [4.78, 5) is 4.48. The van der Waals surface area contributed by atoms with E-state index in [9.17, 15) is 4.39 Å². The third-order valence-corrected chi connectivity index (χ3v) is 7.14. The van der Waals surface area contributed by atoms with Crippen LogP contribution in [0.2, 0.25) is 10.0 Å². The number of rotatable bonds is 5. The lowest BCUT2D eigenvalue weighted by Gasteiger charge is -2.36. The minimum atomic E-state index is -0.472. The van der Waals surface area contributed by atoms with E-state index in [1.54, 1.807) is 6.07 Å². The molecule has 1 atom stereocenters. The van der Waals surface area contributed by atoms with Crippen LogP contribution >= 0.6 is 23.2 Å². The Balaban J connectivity index is 1.42. The molecular formula is C25H26Cl2FN5O. The lowest BCUT2D eigenvalue weighted by molar-refractivity contribution is 0.122. The van der Waals surface area contributed by atoms with Crippen molar-refractivity contribution in [3.8, 4) is 0 Å². The topological polar surface area (TPSA) is 53.5 Å². The van der Waals surface area contributed by atoms with E-state index >= 15 is 0 Å². The maximum Gasteiger partial charge on any atom is 0.155 e. The van der Waals surface area contributed by atoms with Crippen LogP contribution in [-0.4, -0.2) is 43.0 Å². The number of aromatic nitrogens is 2. The zero-order chi connectivity index (χ0) is 23.7. The number of nitrogens with one attached hydrogen (secondary N) is 1. The van der Waals surface area contributed by atoms with Gasteiger partial charge in [-0.3, -0.25) is 0 Å². The summed E-state index contributed by atoms with van der Waals surface area (Å²) in [6, 6.07) is 12.9. The molecule has 2 aliphatic heterocycles. The number of ether oxygens (including phenoxy) is 1. The number of aryl methyl sites for hydroxylation is 1. The molecule has 5 rings (SSSR count). The van der Waals surface area contributed by atoms with Crippen LogP contribution in [0.15, 0.2) is 42.5 Å². The number of anilines is 4. The molecular weight excluding hydrogens is 476 g/mol. The fraction of sp³-hybridized carbons (Fsp3) is 0.360. The van der Waals surface area contributed by atoms with Gasteiger partial charge in [0, 0.05) is 47.7 Å². The standard InChI is InChI=1S/C25H26Cl2FN5O/c1-16(24-19(26)7-8-20(28)25(24)27)33-9-3-6-21-22(33)15-23(31-30-21)29-17-4-2-5-18(14-17)32-10-12-34-13-11-32/h2,4-5,7-8,14-16H,3,6,9-13H2,1H3,(H,29,31). The molecule has 1 unspecified atom stereocenters. The van der Waals surface area contributed by atoms with Crippen LogP contribution in [0.1, 0.15) is 30.6 Å². The summed E-state index contributed by atoms with van der Waals surface area (Å²) in [5.41, 5.74) is 4.53. The molecule has 1 aromatic heterocycles.